The maximum absolute atomic E-state index is 2.44. The second-order valence-electron chi connectivity index (χ2n) is 21.7. The van der Waals surface area contributed by atoms with Crippen molar-refractivity contribution in [1.29, 1.82) is 0 Å². The zero-order chi connectivity index (χ0) is 43.1. The normalized spacial score (nSPS) is 12.8. The molecule has 0 saturated carbocycles. The lowest BCUT2D eigenvalue weighted by atomic mass is 9.76. The van der Waals surface area contributed by atoms with Gasteiger partial charge in [-0.25, -0.2) is 0 Å². The lowest BCUT2D eigenvalue weighted by Gasteiger charge is -2.27. The average Bonchev–Trinajstić information content (AvgIpc) is 3.18. The minimum Gasteiger partial charge on any atom is -0.0587 e. The van der Waals surface area contributed by atoms with E-state index in [1.165, 1.54) is 110 Å². The van der Waals surface area contributed by atoms with Gasteiger partial charge in [0.1, 0.15) is 0 Å². The van der Waals surface area contributed by atoms with Crippen LogP contribution in [0.5, 0.6) is 0 Å². The first kappa shape index (κ1) is 41.3. The molecule has 60 heavy (non-hydrogen) atoms. The van der Waals surface area contributed by atoms with Crippen molar-refractivity contribution >= 4 is 32.3 Å². The van der Waals surface area contributed by atoms with Crippen LogP contribution in [0.2, 0.25) is 0 Å². The number of rotatable bonds is 4. The molecule has 304 valence electrons. The molecule has 0 fully saturated rings. The lowest BCUT2D eigenvalue weighted by Crippen LogP contribution is -2.11. The smallest absolute Gasteiger partial charge is 0.000139 e. The molecular weight excluding hydrogens is 721 g/mol. The van der Waals surface area contributed by atoms with Gasteiger partial charge in [-0.05, 0) is 135 Å². The van der Waals surface area contributed by atoms with Crippen LogP contribution in [-0.4, -0.2) is 0 Å². The van der Waals surface area contributed by atoms with Gasteiger partial charge in [-0.3, -0.25) is 0 Å². The Morgan fingerprint density at radius 3 is 0.683 bits per heavy atom. The van der Waals surface area contributed by atoms with Crippen LogP contribution in [0.15, 0.2) is 133 Å². The Morgan fingerprint density at radius 2 is 0.467 bits per heavy atom. The van der Waals surface area contributed by atoms with Gasteiger partial charge in [-0.2, -0.15) is 0 Å². The summed E-state index contributed by atoms with van der Waals surface area (Å²) in [5, 5.41) is 7.74. The molecule has 0 spiro atoms. The molecule has 0 aliphatic rings. The molecule has 0 radical (unpaired) electrons. The van der Waals surface area contributed by atoms with Gasteiger partial charge in [0.15, 0.2) is 0 Å². The maximum Gasteiger partial charge on any atom is -0.000139 e. The second kappa shape index (κ2) is 14.6. The van der Waals surface area contributed by atoms with Gasteiger partial charge in [0, 0.05) is 0 Å². The highest BCUT2D eigenvalue weighted by molar-refractivity contribution is 6.34. The molecule has 8 aromatic rings. The molecule has 0 unspecified atom stereocenters. The van der Waals surface area contributed by atoms with Gasteiger partial charge in [0.2, 0.25) is 0 Å². The molecule has 8 rings (SSSR count). The summed E-state index contributed by atoms with van der Waals surface area (Å²) in [6, 6.07) is 52.2. The molecule has 0 amide bonds. The lowest BCUT2D eigenvalue weighted by molar-refractivity contribution is 0.590. The van der Waals surface area contributed by atoms with Gasteiger partial charge in [-0.15, -0.1) is 0 Å². The number of hydrogen-bond donors (Lipinski definition) is 0. The van der Waals surface area contributed by atoms with Crippen LogP contribution >= 0.6 is 0 Å². The number of benzene rings is 8. The fourth-order valence-corrected chi connectivity index (χ4v) is 9.20. The summed E-state index contributed by atoms with van der Waals surface area (Å²) in [5.74, 6) is 0. The molecule has 0 heterocycles. The average molecular weight is 785 g/mol. The number of fused-ring (bicyclic) bond motifs is 3. The highest BCUT2D eigenvalue weighted by Crippen LogP contribution is 2.54. The van der Waals surface area contributed by atoms with E-state index in [1.807, 2.05) is 0 Å². The van der Waals surface area contributed by atoms with Crippen molar-refractivity contribution in [2.24, 2.45) is 0 Å². The van der Waals surface area contributed by atoms with Crippen LogP contribution in [0.4, 0.5) is 0 Å². The summed E-state index contributed by atoms with van der Waals surface area (Å²) in [6.45, 7) is 32.2. The van der Waals surface area contributed by atoms with Gasteiger partial charge >= 0.3 is 0 Å². The van der Waals surface area contributed by atoms with Crippen LogP contribution in [0, 0.1) is 13.8 Å². The van der Waals surface area contributed by atoms with E-state index in [1.54, 1.807) is 0 Å². The predicted molar refractivity (Wildman–Crippen MR) is 265 cm³/mol. The minimum absolute atomic E-state index is 0.0444. The van der Waals surface area contributed by atoms with E-state index < -0.39 is 0 Å². The molecule has 0 aromatic heterocycles. The molecule has 0 nitrogen and oxygen atoms in total. The Hall–Kier alpha value is -5.46. The maximum atomic E-state index is 2.44. The van der Waals surface area contributed by atoms with Crippen molar-refractivity contribution in [1.82, 2.24) is 0 Å². The summed E-state index contributed by atoms with van der Waals surface area (Å²) in [4.78, 5) is 0. The van der Waals surface area contributed by atoms with Gasteiger partial charge in [-0.1, -0.05) is 228 Å². The third-order valence-electron chi connectivity index (χ3n) is 12.8. The summed E-state index contributed by atoms with van der Waals surface area (Å²) in [5.41, 5.74) is 18.2. The molecule has 8 aromatic carbocycles. The quantitative estimate of drug-likeness (QED) is 0.156. The number of hydrogen-bond acceptors (Lipinski definition) is 0. The van der Waals surface area contributed by atoms with Crippen molar-refractivity contribution < 1.29 is 0 Å². The van der Waals surface area contributed by atoms with E-state index in [4.69, 9.17) is 0 Å². The van der Waals surface area contributed by atoms with Crippen molar-refractivity contribution in [3.05, 3.63) is 167 Å². The first-order valence-electron chi connectivity index (χ1n) is 22.0. The highest BCUT2D eigenvalue weighted by Gasteiger charge is 2.28. The van der Waals surface area contributed by atoms with Crippen LogP contribution in [-0.2, 0) is 21.7 Å². The predicted octanol–water partition coefficient (Wildman–Crippen LogP) is 17.6. The Labute approximate surface area is 360 Å². The SMILES string of the molecule is Cc1ccc2c(-c3ccc(C(C)(C)C)cc3)c3c(-c4ccc(C(C)(C)C)cc4)c4cc(C)ccc4c(-c4ccc(C(C)(C)C)cc4)c3c(-c3ccc(C(C)(C)C)cc3)c2c1. The largest absolute Gasteiger partial charge is 0.0587 e. The molecule has 0 atom stereocenters. The van der Waals surface area contributed by atoms with E-state index in [-0.39, 0.29) is 21.7 Å². The van der Waals surface area contributed by atoms with E-state index >= 15 is 0 Å². The Bertz CT molecular complexity index is 2680. The van der Waals surface area contributed by atoms with Gasteiger partial charge in [0.25, 0.3) is 0 Å². The Kier molecular flexibility index (Phi) is 10.1. The first-order chi connectivity index (χ1) is 28.1. The van der Waals surface area contributed by atoms with Crippen LogP contribution in [0.3, 0.4) is 0 Å². The zero-order valence-electron chi connectivity index (χ0n) is 38.7. The Morgan fingerprint density at radius 1 is 0.250 bits per heavy atom. The highest BCUT2D eigenvalue weighted by atomic mass is 14.3. The fraction of sp³-hybridized carbons (Fsp3) is 0.300. The third-order valence-corrected chi connectivity index (χ3v) is 12.8. The van der Waals surface area contributed by atoms with Gasteiger partial charge in [0.05, 0.1) is 0 Å². The number of aryl methyl sites for hydroxylation is 2. The molecule has 0 saturated heterocycles. The summed E-state index contributed by atoms with van der Waals surface area (Å²) < 4.78 is 0. The monoisotopic (exact) mass is 785 g/mol. The van der Waals surface area contributed by atoms with E-state index in [2.05, 4.69) is 230 Å². The van der Waals surface area contributed by atoms with Crippen molar-refractivity contribution in [3.63, 3.8) is 0 Å². The summed E-state index contributed by atoms with van der Waals surface area (Å²) in [6.07, 6.45) is 0. The van der Waals surface area contributed by atoms with E-state index in [9.17, 15) is 0 Å². The second-order valence-corrected chi connectivity index (χ2v) is 21.7. The summed E-state index contributed by atoms with van der Waals surface area (Å²) in [7, 11) is 0. The van der Waals surface area contributed by atoms with E-state index in [0.29, 0.717) is 0 Å². The first-order valence-corrected chi connectivity index (χ1v) is 22.0. The van der Waals surface area contributed by atoms with Crippen molar-refractivity contribution in [2.45, 2.75) is 119 Å². The molecule has 0 N–H and O–H groups in total. The van der Waals surface area contributed by atoms with Gasteiger partial charge < -0.3 is 0 Å². The van der Waals surface area contributed by atoms with Crippen LogP contribution < -0.4 is 0 Å². The van der Waals surface area contributed by atoms with Crippen molar-refractivity contribution in [3.8, 4) is 44.5 Å². The Balaban J connectivity index is 1.68. The minimum atomic E-state index is 0.0444. The van der Waals surface area contributed by atoms with E-state index in [0.717, 1.165) is 0 Å². The molecule has 0 heteroatoms. The van der Waals surface area contributed by atoms with Crippen molar-refractivity contribution in [2.75, 3.05) is 0 Å². The van der Waals surface area contributed by atoms with Crippen LogP contribution in [0.25, 0.3) is 76.8 Å². The van der Waals surface area contributed by atoms with Crippen LogP contribution in [0.1, 0.15) is 116 Å². The zero-order valence-corrected chi connectivity index (χ0v) is 38.7. The fourth-order valence-electron chi connectivity index (χ4n) is 9.20. The summed E-state index contributed by atoms with van der Waals surface area (Å²) >= 11 is 0. The molecule has 0 bridgehead atoms. The molecular formula is C60H64. The third kappa shape index (κ3) is 7.49. The topological polar surface area (TPSA) is 0 Å². The molecule has 0 aliphatic heterocycles. The molecule has 0 aliphatic carbocycles. The standard InChI is InChI=1S/C60H64/c1-37-15-33-47-49(35-37)53(41-21-29-45(30-22-41)59(9,10)11)55-52(40-19-27-44(28-20-40)58(6,7)8)48-34-16-38(2)36-50(48)54(42-23-31-46(32-24-42)60(12,13)14)56(55)51(47)39-17-25-43(26-18-39)57(3,4)5/h15-36H,1-14H3.